The van der Waals surface area contributed by atoms with Crippen LogP contribution in [-0.2, 0) is 4.79 Å². The zero-order valence-corrected chi connectivity index (χ0v) is 5.59. The van der Waals surface area contributed by atoms with Gasteiger partial charge in [0.05, 0.1) is 0 Å². The molecule has 0 aliphatic heterocycles. The Hall–Kier alpha value is -1.09. The summed E-state index contributed by atoms with van der Waals surface area (Å²) in [5, 5.41) is 18.0. The largest absolute Gasteiger partial charge is 0.504 e. The second kappa shape index (κ2) is 1.95. The molecule has 1 rings (SSSR count). The fourth-order valence-electron chi connectivity index (χ4n) is 0.846. The third kappa shape index (κ3) is 0.675. The summed E-state index contributed by atoms with van der Waals surface area (Å²) in [6, 6.07) is 0. The van der Waals surface area contributed by atoms with Gasteiger partial charge in [0.2, 0.25) is 5.78 Å². The molecule has 0 aromatic rings. The minimum absolute atomic E-state index is 0.0509. The van der Waals surface area contributed by atoms with Crippen LogP contribution in [0.5, 0.6) is 0 Å². The van der Waals surface area contributed by atoms with Crippen molar-refractivity contribution < 1.29 is 15.0 Å². The van der Waals surface area contributed by atoms with Gasteiger partial charge < -0.3 is 10.2 Å². The Balaban J connectivity index is 3.11. The lowest BCUT2D eigenvalue weighted by Crippen LogP contribution is -2.08. The van der Waals surface area contributed by atoms with Crippen molar-refractivity contribution in [1.82, 2.24) is 0 Å². The predicted molar refractivity (Wildman–Crippen MR) is 35.5 cm³/mol. The van der Waals surface area contributed by atoms with Gasteiger partial charge in [-0.3, -0.25) is 4.79 Å². The first-order chi connectivity index (χ1) is 4.55. The minimum atomic E-state index is -0.979. The zero-order chi connectivity index (χ0) is 7.89. The summed E-state index contributed by atoms with van der Waals surface area (Å²) in [7, 11) is 0. The molecule has 0 fully saturated rings. The topological polar surface area (TPSA) is 57.5 Å². The smallest absolute Gasteiger partial charge is 0.225 e. The van der Waals surface area contributed by atoms with E-state index in [1.165, 1.54) is 6.92 Å². The van der Waals surface area contributed by atoms with Crippen molar-refractivity contribution in [3.05, 3.63) is 23.5 Å². The van der Waals surface area contributed by atoms with Gasteiger partial charge in [0.15, 0.2) is 5.76 Å². The van der Waals surface area contributed by atoms with Gasteiger partial charge in [0, 0.05) is 11.1 Å². The van der Waals surface area contributed by atoms with Gasteiger partial charge in [-0.15, -0.1) is 0 Å². The summed E-state index contributed by atoms with van der Waals surface area (Å²) >= 11 is 0. The average molecular weight is 140 g/mol. The van der Waals surface area contributed by atoms with Gasteiger partial charge in [-0.05, 0) is 6.92 Å². The van der Waals surface area contributed by atoms with Crippen LogP contribution in [0, 0.1) is 0 Å². The van der Waals surface area contributed by atoms with Crippen LogP contribution in [0.1, 0.15) is 6.92 Å². The number of carbonyl (C=O) groups excluding carboxylic acids is 1. The van der Waals surface area contributed by atoms with E-state index in [4.69, 9.17) is 10.2 Å². The molecule has 2 N–H and O–H groups in total. The molecule has 54 valence electrons. The van der Waals surface area contributed by atoms with Gasteiger partial charge in [-0.25, -0.2) is 0 Å². The summed E-state index contributed by atoms with van der Waals surface area (Å²) in [4.78, 5) is 10.8. The Labute approximate surface area is 58.3 Å². The van der Waals surface area contributed by atoms with Gasteiger partial charge in [-0.2, -0.15) is 0 Å². The van der Waals surface area contributed by atoms with Crippen molar-refractivity contribution in [2.24, 2.45) is 0 Å². The van der Waals surface area contributed by atoms with Crippen LogP contribution < -0.4 is 0 Å². The van der Waals surface area contributed by atoms with Crippen molar-refractivity contribution in [3.8, 4) is 0 Å². The molecule has 0 spiro atoms. The van der Waals surface area contributed by atoms with Crippen LogP contribution in [0.4, 0.5) is 0 Å². The fraction of sp³-hybridized carbons (Fsp3) is 0.286. The summed E-state index contributed by atoms with van der Waals surface area (Å²) < 4.78 is 0. The van der Waals surface area contributed by atoms with Crippen LogP contribution in [0.2, 0.25) is 0 Å². The number of hydrogen-bond acceptors (Lipinski definition) is 3. The first kappa shape index (κ1) is 7.02. The summed E-state index contributed by atoms with van der Waals surface area (Å²) in [5.74, 6) is -0.914. The molecule has 0 bridgehead atoms. The van der Waals surface area contributed by atoms with E-state index < -0.39 is 11.9 Å². The molecule has 3 nitrogen and oxygen atoms in total. The lowest BCUT2D eigenvalue weighted by atomic mass is 10.1. The summed E-state index contributed by atoms with van der Waals surface area (Å²) in [5.41, 5.74) is 0.338. The van der Waals surface area contributed by atoms with E-state index in [1.807, 2.05) is 0 Å². The highest BCUT2D eigenvalue weighted by Crippen LogP contribution is 2.24. The second-order valence-electron chi connectivity index (χ2n) is 2.29. The molecule has 3 heteroatoms. The molecule has 10 heavy (non-hydrogen) atoms. The van der Waals surface area contributed by atoms with Crippen LogP contribution in [0.25, 0.3) is 0 Å². The quantitative estimate of drug-likeness (QED) is 0.476. The predicted octanol–water partition coefficient (Wildman–Crippen LogP) is 0.318. The minimum Gasteiger partial charge on any atom is -0.504 e. The monoisotopic (exact) mass is 140 g/mol. The van der Waals surface area contributed by atoms with Crippen molar-refractivity contribution in [2.45, 2.75) is 13.0 Å². The molecule has 1 atom stereocenters. The van der Waals surface area contributed by atoms with Crippen molar-refractivity contribution in [1.29, 1.82) is 0 Å². The molecule has 0 aromatic carbocycles. The summed E-state index contributed by atoms with van der Waals surface area (Å²) in [6.07, 6.45) is -0.979. The molecule has 0 radical (unpaired) electrons. The highest BCUT2D eigenvalue weighted by Gasteiger charge is 2.31. The van der Waals surface area contributed by atoms with Crippen LogP contribution in [0.3, 0.4) is 0 Å². The standard InChI is InChI=1S/C7H8O3/c1-3-5(8)4(2)7(10)6(3)9/h5,8,10H,1H2,2H3. The summed E-state index contributed by atoms with van der Waals surface area (Å²) in [6.45, 7) is 4.81. The lowest BCUT2D eigenvalue weighted by molar-refractivity contribution is -0.114. The number of Topliss-reactive ketones (excluding diaryl/α,β-unsaturated/α-hetero) is 1. The Morgan fingerprint density at radius 1 is 1.60 bits per heavy atom. The highest BCUT2D eigenvalue weighted by atomic mass is 16.3. The van der Waals surface area contributed by atoms with Gasteiger partial charge in [-0.1, -0.05) is 6.58 Å². The molecule has 0 saturated carbocycles. The number of carbonyl (C=O) groups is 1. The van der Waals surface area contributed by atoms with Gasteiger partial charge in [0.1, 0.15) is 6.10 Å². The number of allylic oxidation sites excluding steroid dienone is 1. The van der Waals surface area contributed by atoms with Crippen LogP contribution in [-0.4, -0.2) is 22.1 Å². The SMILES string of the molecule is C=C1C(=O)C(O)=C(C)C1O. The molecule has 0 amide bonds. The van der Waals surface area contributed by atoms with E-state index >= 15 is 0 Å². The fourth-order valence-corrected chi connectivity index (χ4v) is 0.846. The maximum Gasteiger partial charge on any atom is 0.225 e. The Morgan fingerprint density at radius 2 is 2.10 bits per heavy atom. The van der Waals surface area contributed by atoms with Crippen LogP contribution in [0.15, 0.2) is 23.5 Å². The van der Waals surface area contributed by atoms with E-state index in [0.29, 0.717) is 0 Å². The number of aliphatic hydroxyl groups excluding tert-OH is 2. The lowest BCUT2D eigenvalue weighted by Gasteiger charge is -1.99. The van der Waals surface area contributed by atoms with E-state index in [0.717, 1.165) is 0 Å². The van der Waals surface area contributed by atoms with Crippen molar-refractivity contribution >= 4 is 5.78 Å². The number of ketones is 1. The molecular formula is C7H8O3. The average Bonchev–Trinajstić information content (AvgIpc) is 2.07. The molecular weight excluding hydrogens is 132 g/mol. The molecule has 0 heterocycles. The van der Waals surface area contributed by atoms with E-state index in [-0.39, 0.29) is 16.9 Å². The number of hydrogen-bond donors (Lipinski definition) is 2. The molecule has 1 aliphatic rings. The van der Waals surface area contributed by atoms with E-state index in [1.54, 1.807) is 0 Å². The van der Waals surface area contributed by atoms with E-state index in [9.17, 15) is 4.79 Å². The normalized spacial score (nSPS) is 26.4. The Kier molecular flexibility index (Phi) is 1.37. The van der Waals surface area contributed by atoms with Gasteiger partial charge >= 0.3 is 0 Å². The third-order valence-electron chi connectivity index (χ3n) is 1.62. The first-order valence-corrected chi connectivity index (χ1v) is 2.87. The Morgan fingerprint density at radius 3 is 2.20 bits per heavy atom. The van der Waals surface area contributed by atoms with Crippen LogP contribution >= 0.6 is 0 Å². The maximum atomic E-state index is 10.8. The molecule has 0 saturated heterocycles. The third-order valence-corrected chi connectivity index (χ3v) is 1.62. The number of aliphatic hydroxyl groups is 2. The zero-order valence-electron chi connectivity index (χ0n) is 5.59. The first-order valence-electron chi connectivity index (χ1n) is 2.87. The van der Waals surface area contributed by atoms with Crippen molar-refractivity contribution in [3.63, 3.8) is 0 Å². The highest BCUT2D eigenvalue weighted by molar-refractivity contribution is 6.10. The number of rotatable bonds is 0. The second-order valence-corrected chi connectivity index (χ2v) is 2.29. The molecule has 1 unspecified atom stereocenters. The molecule has 0 aromatic heterocycles. The van der Waals surface area contributed by atoms with Gasteiger partial charge in [0.25, 0.3) is 0 Å². The maximum absolute atomic E-state index is 10.8. The van der Waals surface area contributed by atoms with Crippen molar-refractivity contribution in [2.75, 3.05) is 0 Å². The Bertz CT molecular complexity index is 237. The molecule has 1 aliphatic carbocycles. The van der Waals surface area contributed by atoms with E-state index in [2.05, 4.69) is 6.58 Å².